The van der Waals surface area contributed by atoms with E-state index >= 15 is 0 Å². The average Bonchev–Trinajstić information content (AvgIpc) is 2.83. The van der Waals surface area contributed by atoms with E-state index in [1.165, 1.54) is 0 Å². The summed E-state index contributed by atoms with van der Waals surface area (Å²) in [5.41, 5.74) is 1.44. The van der Waals surface area contributed by atoms with Crippen molar-refractivity contribution in [1.29, 1.82) is 0 Å². The molecule has 17 heavy (non-hydrogen) atoms. The highest BCUT2D eigenvalue weighted by molar-refractivity contribution is 7.92. The van der Waals surface area contributed by atoms with Crippen molar-refractivity contribution in [3.63, 3.8) is 0 Å². The molecule has 1 heterocycles. The monoisotopic (exact) mass is 257 g/mol. The molecule has 0 unspecified atom stereocenters. The van der Waals surface area contributed by atoms with E-state index < -0.39 is 10.0 Å². The summed E-state index contributed by atoms with van der Waals surface area (Å²) >= 11 is 0. The highest BCUT2D eigenvalue weighted by Crippen LogP contribution is 2.24. The lowest BCUT2D eigenvalue weighted by Gasteiger charge is -2.10. The molecule has 1 aliphatic rings. The second-order valence-corrected chi connectivity index (χ2v) is 5.71. The van der Waals surface area contributed by atoms with Gasteiger partial charge >= 0.3 is 0 Å². The molecule has 1 N–H and O–H groups in total. The summed E-state index contributed by atoms with van der Waals surface area (Å²) in [6.07, 6.45) is -0.327. The highest BCUT2D eigenvalue weighted by atomic mass is 32.2. The summed E-state index contributed by atoms with van der Waals surface area (Å²) < 4.78 is 35.9. The maximum absolute atomic E-state index is 11.3. The summed E-state index contributed by atoms with van der Waals surface area (Å²) in [6.45, 7) is 2.78. The second-order valence-electron chi connectivity index (χ2n) is 3.70. The van der Waals surface area contributed by atoms with Crippen molar-refractivity contribution in [2.45, 2.75) is 13.2 Å². The smallest absolute Gasteiger partial charge is 0.232 e. The van der Waals surface area contributed by atoms with Gasteiger partial charge in [0, 0.05) is 11.3 Å². The van der Waals surface area contributed by atoms with Gasteiger partial charge in [-0.3, -0.25) is 4.72 Å². The average molecular weight is 257 g/mol. The quantitative estimate of drug-likeness (QED) is 0.887. The summed E-state index contributed by atoms with van der Waals surface area (Å²) in [7, 11) is -3.22. The number of nitrogens with one attached hydrogen (secondary N) is 1. The molecule has 0 atom stereocenters. The minimum Gasteiger partial charge on any atom is -0.346 e. The first kappa shape index (κ1) is 12.3. The van der Waals surface area contributed by atoms with E-state index in [2.05, 4.69) is 4.72 Å². The zero-order valence-electron chi connectivity index (χ0n) is 9.55. The van der Waals surface area contributed by atoms with Gasteiger partial charge < -0.3 is 9.47 Å². The van der Waals surface area contributed by atoms with Crippen molar-refractivity contribution in [3.05, 3.63) is 29.8 Å². The van der Waals surface area contributed by atoms with Crippen LogP contribution in [0.25, 0.3) is 0 Å². The molecule has 0 aliphatic carbocycles. The van der Waals surface area contributed by atoms with Crippen molar-refractivity contribution >= 4 is 15.7 Å². The molecule has 0 aromatic heterocycles. The Bertz CT molecular complexity index is 463. The standard InChI is InChI=1S/C11H15NO4S/c1-2-17(13,14)12-10-5-3-9(4-6-10)11-15-7-8-16-11/h3-6,11-12H,2,7-8H2,1H3. The SMILES string of the molecule is CCS(=O)(=O)Nc1ccc(C2OCCO2)cc1. The fourth-order valence-corrected chi connectivity index (χ4v) is 2.15. The van der Waals surface area contributed by atoms with Crippen LogP contribution in [-0.4, -0.2) is 27.4 Å². The van der Waals surface area contributed by atoms with Gasteiger partial charge in [0.05, 0.1) is 19.0 Å². The molecule has 5 nitrogen and oxygen atoms in total. The summed E-state index contributed by atoms with van der Waals surface area (Å²) in [4.78, 5) is 0. The lowest BCUT2D eigenvalue weighted by molar-refractivity contribution is -0.0441. The number of benzene rings is 1. The minimum absolute atomic E-state index is 0.0591. The van der Waals surface area contributed by atoms with Crippen LogP contribution in [0.2, 0.25) is 0 Å². The van der Waals surface area contributed by atoms with Crippen molar-refractivity contribution in [3.8, 4) is 0 Å². The molecule has 0 bridgehead atoms. The molecular weight excluding hydrogens is 242 g/mol. The molecule has 0 saturated carbocycles. The van der Waals surface area contributed by atoms with Gasteiger partial charge in [-0.25, -0.2) is 8.42 Å². The summed E-state index contributed by atoms with van der Waals surface area (Å²) in [6, 6.07) is 6.99. The molecule has 1 aromatic carbocycles. The second kappa shape index (κ2) is 5.03. The van der Waals surface area contributed by atoms with Gasteiger partial charge in [0.2, 0.25) is 10.0 Å². The number of ether oxygens (including phenoxy) is 2. The zero-order chi connectivity index (χ0) is 12.3. The molecule has 0 radical (unpaired) electrons. The van der Waals surface area contributed by atoms with Crippen LogP contribution in [-0.2, 0) is 19.5 Å². The highest BCUT2D eigenvalue weighted by Gasteiger charge is 2.18. The van der Waals surface area contributed by atoms with E-state index in [0.717, 1.165) is 5.56 Å². The van der Waals surface area contributed by atoms with Crippen LogP contribution in [0, 0.1) is 0 Å². The third-order valence-electron chi connectivity index (χ3n) is 2.46. The van der Waals surface area contributed by atoms with Crippen LogP contribution in [0.4, 0.5) is 5.69 Å². The van der Waals surface area contributed by atoms with Crippen molar-refractivity contribution in [2.24, 2.45) is 0 Å². The first-order valence-electron chi connectivity index (χ1n) is 5.44. The van der Waals surface area contributed by atoms with E-state index in [0.29, 0.717) is 18.9 Å². The Hall–Kier alpha value is -1.11. The van der Waals surface area contributed by atoms with Crippen LogP contribution in [0.3, 0.4) is 0 Å². The number of rotatable bonds is 4. The van der Waals surface area contributed by atoms with Gasteiger partial charge in [0.1, 0.15) is 0 Å². The number of sulfonamides is 1. The van der Waals surface area contributed by atoms with Crippen LogP contribution < -0.4 is 4.72 Å². The van der Waals surface area contributed by atoms with Crippen molar-refractivity contribution in [2.75, 3.05) is 23.7 Å². The molecule has 1 aliphatic heterocycles. The van der Waals surface area contributed by atoms with E-state index in [1.54, 1.807) is 31.2 Å². The minimum atomic E-state index is -3.22. The Kier molecular flexibility index (Phi) is 3.66. The summed E-state index contributed by atoms with van der Waals surface area (Å²) in [5.74, 6) is 0.0591. The number of hydrogen-bond acceptors (Lipinski definition) is 4. The van der Waals surface area contributed by atoms with Crippen LogP contribution in [0.15, 0.2) is 24.3 Å². The Balaban J connectivity index is 2.07. The van der Waals surface area contributed by atoms with Gasteiger partial charge in [-0.05, 0) is 19.1 Å². The van der Waals surface area contributed by atoms with Gasteiger partial charge in [-0.2, -0.15) is 0 Å². The van der Waals surface area contributed by atoms with E-state index in [4.69, 9.17) is 9.47 Å². The van der Waals surface area contributed by atoms with Crippen molar-refractivity contribution in [1.82, 2.24) is 0 Å². The maximum atomic E-state index is 11.3. The zero-order valence-corrected chi connectivity index (χ0v) is 10.4. The van der Waals surface area contributed by atoms with Gasteiger partial charge in [-0.15, -0.1) is 0 Å². The lowest BCUT2D eigenvalue weighted by Crippen LogP contribution is -2.14. The van der Waals surface area contributed by atoms with E-state index in [-0.39, 0.29) is 12.0 Å². The molecule has 0 spiro atoms. The molecule has 1 aromatic rings. The fraction of sp³-hybridized carbons (Fsp3) is 0.455. The Labute approximate surface area is 101 Å². The predicted molar refractivity (Wildman–Crippen MR) is 64.2 cm³/mol. The molecular formula is C11H15NO4S. The molecule has 94 valence electrons. The summed E-state index contributed by atoms with van der Waals surface area (Å²) in [5, 5.41) is 0. The third-order valence-corrected chi connectivity index (χ3v) is 3.76. The van der Waals surface area contributed by atoms with Crippen LogP contribution in [0.5, 0.6) is 0 Å². The van der Waals surface area contributed by atoms with E-state index in [9.17, 15) is 8.42 Å². The third kappa shape index (κ3) is 3.18. The first-order valence-corrected chi connectivity index (χ1v) is 7.09. The van der Waals surface area contributed by atoms with Crippen molar-refractivity contribution < 1.29 is 17.9 Å². The molecule has 6 heteroatoms. The predicted octanol–water partition coefficient (Wildman–Crippen LogP) is 1.49. The number of anilines is 1. The number of hydrogen-bond donors (Lipinski definition) is 1. The molecule has 1 fully saturated rings. The Morgan fingerprint density at radius 1 is 1.24 bits per heavy atom. The largest absolute Gasteiger partial charge is 0.346 e. The Morgan fingerprint density at radius 2 is 1.82 bits per heavy atom. The molecule has 2 rings (SSSR count). The van der Waals surface area contributed by atoms with Crippen LogP contribution in [0.1, 0.15) is 18.8 Å². The first-order chi connectivity index (χ1) is 8.11. The normalized spacial score (nSPS) is 17.2. The lowest BCUT2D eigenvalue weighted by atomic mass is 10.2. The van der Waals surface area contributed by atoms with E-state index in [1.807, 2.05) is 0 Å². The van der Waals surface area contributed by atoms with Gasteiger partial charge in [0.15, 0.2) is 6.29 Å². The Morgan fingerprint density at radius 3 is 2.35 bits per heavy atom. The fourth-order valence-electron chi connectivity index (χ4n) is 1.51. The topological polar surface area (TPSA) is 64.6 Å². The van der Waals surface area contributed by atoms with Gasteiger partial charge in [-0.1, -0.05) is 12.1 Å². The van der Waals surface area contributed by atoms with Gasteiger partial charge in [0.25, 0.3) is 0 Å². The maximum Gasteiger partial charge on any atom is 0.232 e. The molecule has 1 saturated heterocycles. The van der Waals surface area contributed by atoms with Crippen LogP contribution >= 0.6 is 0 Å². The molecule has 0 amide bonds.